The highest BCUT2D eigenvalue weighted by Gasteiger charge is 2.36. The molecule has 11 heteroatoms. The molecular formula is C28H22Cl2N2O6S. The number of rotatable bonds is 9. The number of benzene rings is 3. The molecule has 0 unspecified atom stereocenters. The molecule has 0 spiro atoms. The minimum absolute atomic E-state index is 0.0841. The molecular weight excluding hydrogens is 563 g/mol. The predicted molar refractivity (Wildman–Crippen MR) is 151 cm³/mol. The van der Waals surface area contributed by atoms with E-state index in [1.165, 1.54) is 18.2 Å². The highest BCUT2D eigenvalue weighted by atomic mass is 35.5. The molecule has 0 bridgehead atoms. The fraction of sp³-hybridized carbons (Fsp3) is 0.143. The van der Waals surface area contributed by atoms with Crippen molar-refractivity contribution in [3.8, 4) is 5.75 Å². The molecule has 1 fully saturated rings. The number of carbonyl (C=O) groups is 4. The van der Waals surface area contributed by atoms with Gasteiger partial charge in [0.25, 0.3) is 11.1 Å². The second-order valence-electron chi connectivity index (χ2n) is 8.15. The molecule has 200 valence electrons. The molecule has 0 radical (unpaired) electrons. The number of imide groups is 1. The maximum absolute atomic E-state index is 13.0. The third-order valence-corrected chi connectivity index (χ3v) is 7.07. The highest BCUT2D eigenvalue weighted by molar-refractivity contribution is 8.18. The Morgan fingerprint density at radius 1 is 1.00 bits per heavy atom. The van der Waals surface area contributed by atoms with Crippen LogP contribution < -0.4 is 10.1 Å². The number of carbonyl (C=O) groups excluding carboxylic acids is 4. The van der Waals surface area contributed by atoms with Crippen molar-refractivity contribution in [2.24, 2.45) is 0 Å². The third kappa shape index (κ3) is 7.00. The Kier molecular flexibility index (Phi) is 9.29. The van der Waals surface area contributed by atoms with E-state index in [1.54, 1.807) is 43.3 Å². The van der Waals surface area contributed by atoms with E-state index in [2.05, 4.69) is 5.32 Å². The van der Waals surface area contributed by atoms with Crippen molar-refractivity contribution >= 4 is 69.8 Å². The van der Waals surface area contributed by atoms with E-state index in [0.29, 0.717) is 16.3 Å². The zero-order valence-electron chi connectivity index (χ0n) is 20.6. The zero-order chi connectivity index (χ0) is 27.9. The molecule has 8 nitrogen and oxygen atoms in total. The number of hydrogen-bond acceptors (Lipinski definition) is 7. The average Bonchev–Trinajstić information content (AvgIpc) is 3.17. The number of para-hydroxylation sites is 1. The van der Waals surface area contributed by atoms with E-state index in [-0.39, 0.29) is 34.4 Å². The Hall–Kier alpha value is -3.79. The summed E-state index contributed by atoms with van der Waals surface area (Å²) in [6.45, 7) is 1.53. The summed E-state index contributed by atoms with van der Waals surface area (Å²) < 4.78 is 10.9. The molecule has 1 heterocycles. The van der Waals surface area contributed by atoms with E-state index in [1.807, 2.05) is 18.2 Å². The van der Waals surface area contributed by atoms with Crippen LogP contribution in [0.4, 0.5) is 10.5 Å². The number of nitrogens with one attached hydrogen (secondary N) is 1. The van der Waals surface area contributed by atoms with Crippen LogP contribution in [-0.2, 0) is 20.9 Å². The average molecular weight is 585 g/mol. The van der Waals surface area contributed by atoms with Crippen LogP contribution in [0.15, 0.2) is 71.6 Å². The summed E-state index contributed by atoms with van der Waals surface area (Å²) in [5.41, 5.74) is 1.74. The molecule has 0 atom stereocenters. The zero-order valence-corrected chi connectivity index (χ0v) is 22.9. The lowest BCUT2D eigenvalue weighted by molar-refractivity contribution is -0.127. The third-order valence-electron chi connectivity index (χ3n) is 5.47. The van der Waals surface area contributed by atoms with Crippen LogP contribution in [0.2, 0.25) is 10.0 Å². The van der Waals surface area contributed by atoms with E-state index < -0.39 is 29.6 Å². The summed E-state index contributed by atoms with van der Waals surface area (Å²) in [4.78, 5) is 51.3. The molecule has 3 aromatic rings. The molecule has 3 aromatic carbocycles. The van der Waals surface area contributed by atoms with Crippen LogP contribution in [0.3, 0.4) is 0 Å². The Balaban J connectivity index is 1.44. The van der Waals surface area contributed by atoms with Gasteiger partial charge in [0.05, 0.1) is 22.1 Å². The second-order valence-corrected chi connectivity index (χ2v) is 9.96. The number of ether oxygens (including phenoxy) is 2. The van der Waals surface area contributed by atoms with Crippen LogP contribution in [0.5, 0.6) is 5.75 Å². The smallest absolute Gasteiger partial charge is 0.339 e. The lowest BCUT2D eigenvalue weighted by atomic mass is 10.1. The van der Waals surface area contributed by atoms with Crippen molar-refractivity contribution in [3.05, 3.63) is 98.4 Å². The van der Waals surface area contributed by atoms with Crippen molar-refractivity contribution in [1.29, 1.82) is 0 Å². The van der Waals surface area contributed by atoms with Gasteiger partial charge in [-0.25, -0.2) is 4.79 Å². The minimum atomic E-state index is -0.634. The van der Waals surface area contributed by atoms with Crippen LogP contribution in [0, 0.1) is 0 Å². The van der Waals surface area contributed by atoms with Gasteiger partial charge in [-0.15, -0.1) is 0 Å². The summed E-state index contributed by atoms with van der Waals surface area (Å²) in [6, 6.07) is 18.7. The van der Waals surface area contributed by atoms with Crippen LogP contribution in [-0.4, -0.2) is 41.1 Å². The first-order valence-corrected chi connectivity index (χ1v) is 13.3. The molecule has 4 rings (SSSR count). The summed E-state index contributed by atoms with van der Waals surface area (Å²) in [7, 11) is 0. The number of nitrogens with zero attached hydrogens (tertiary/aromatic N) is 1. The molecule has 1 aliphatic rings. The van der Waals surface area contributed by atoms with Gasteiger partial charge < -0.3 is 14.8 Å². The second kappa shape index (κ2) is 12.8. The van der Waals surface area contributed by atoms with Crippen LogP contribution in [0.25, 0.3) is 6.08 Å². The lowest BCUT2D eigenvalue weighted by Gasteiger charge is -2.13. The van der Waals surface area contributed by atoms with Crippen molar-refractivity contribution in [3.63, 3.8) is 0 Å². The first-order chi connectivity index (χ1) is 18.8. The first-order valence-electron chi connectivity index (χ1n) is 11.7. The van der Waals surface area contributed by atoms with E-state index in [0.717, 1.165) is 22.2 Å². The topological polar surface area (TPSA) is 102 Å². The number of hydrogen-bond donors (Lipinski definition) is 1. The van der Waals surface area contributed by atoms with E-state index in [9.17, 15) is 19.2 Å². The Bertz CT molecular complexity index is 1480. The van der Waals surface area contributed by atoms with Crippen LogP contribution >= 0.6 is 35.0 Å². The molecule has 0 aliphatic carbocycles. The minimum Gasteiger partial charge on any atom is -0.488 e. The van der Waals surface area contributed by atoms with Gasteiger partial charge in [-0.3, -0.25) is 19.3 Å². The Labute approximate surface area is 238 Å². The number of anilines is 1. The highest BCUT2D eigenvalue weighted by Crippen LogP contribution is 2.34. The molecule has 0 saturated carbocycles. The van der Waals surface area contributed by atoms with Crippen molar-refractivity contribution < 1.29 is 28.7 Å². The molecule has 3 amide bonds. The largest absolute Gasteiger partial charge is 0.488 e. The molecule has 1 aliphatic heterocycles. The standard InChI is InChI=1S/C28H22Cl2N2O6S/c1-2-37-27(35)20-14-19(11-12-22(20)30)31-25(33)15-32-26(34)24(39-28(32)36)13-17-7-4-6-10-23(17)38-16-18-8-3-5-9-21(18)29/h3-14H,2,15-16H2,1H3,(H,31,33)/b24-13+. The molecule has 0 aromatic heterocycles. The summed E-state index contributed by atoms with van der Waals surface area (Å²) in [5.74, 6) is -1.36. The number of thioether (sulfide) groups is 1. The maximum atomic E-state index is 13.0. The van der Waals surface area contributed by atoms with Crippen LogP contribution in [0.1, 0.15) is 28.4 Å². The van der Waals surface area contributed by atoms with Crippen molar-refractivity contribution in [2.75, 3.05) is 18.5 Å². The quantitative estimate of drug-likeness (QED) is 0.228. The van der Waals surface area contributed by atoms with Gasteiger partial charge in [0.1, 0.15) is 18.9 Å². The maximum Gasteiger partial charge on any atom is 0.339 e. The van der Waals surface area contributed by atoms with E-state index in [4.69, 9.17) is 32.7 Å². The van der Waals surface area contributed by atoms with E-state index >= 15 is 0 Å². The Morgan fingerprint density at radius 3 is 2.51 bits per heavy atom. The fourth-order valence-electron chi connectivity index (χ4n) is 3.59. The normalized spacial score (nSPS) is 14.0. The molecule has 1 saturated heterocycles. The Morgan fingerprint density at radius 2 is 1.74 bits per heavy atom. The molecule has 39 heavy (non-hydrogen) atoms. The van der Waals surface area contributed by atoms with Gasteiger partial charge in [-0.2, -0.15) is 0 Å². The first kappa shape index (κ1) is 28.2. The van der Waals surface area contributed by atoms with Gasteiger partial charge >= 0.3 is 5.97 Å². The fourth-order valence-corrected chi connectivity index (χ4v) is 4.81. The van der Waals surface area contributed by atoms with Gasteiger partial charge in [-0.05, 0) is 55.1 Å². The predicted octanol–water partition coefficient (Wildman–Crippen LogP) is 6.42. The van der Waals surface area contributed by atoms with Crippen molar-refractivity contribution in [1.82, 2.24) is 4.90 Å². The van der Waals surface area contributed by atoms with Gasteiger partial charge in [-0.1, -0.05) is 59.6 Å². The van der Waals surface area contributed by atoms with Gasteiger partial charge in [0, 0.05) is 21.8 Å². The SMILES string of the molecule is CCOC(=O)c1cc(NC(=O)CN2C(=O)S/C(=C/c3ccccc3OCc3ccccc3Cl)C2=O)ccc1Cl. The lowest BCUT2D eigenvalue weighted by Crippen LogP contribution is -2.36. The summed E-state index contributed by atoms with van der Waals surface area (Å²) >= 11 is 13.0. The summed E-state index contributed by atoms with van der Waals surface area (Å²) in [6.07, 6.45) is 1.55. The van der Waals surface area contributed by atoms with Gasteiger partial charge in [0.2, 0.25) is 5.91 Å². The number of halogens is 2. The number of amides is 3. The monoisotopic (exact) mass is 584 g/mol. The van der Waals surface area contributed by atoms with Gasteiger partial charge in [0.15, 0.2) is 0 Å². The summed E-state index contributed by atoms with van der Waals surface area (Å²) in [5, 5.41) is 2.73. The number of esters is 1. The van der Waals surface area contributed by atoms with Crippen molar-refractivity contribution in [2.45, 2.75) is 13.5 Å². The molecule has 1 N–H and O–H groups in total.